The molecule has 0 bridgehead atoms. The van der Waals surface area contributed by atoms with Crippen molar-refractivity contribution in [2.75, 3.05) is 0 Å². The number of benzene rings is 12. The average Bonchev–Trinajstić information content (AvgIpc) is 3.69. The second-order valence-electron chi connectivity index (χ2n) is 21.2. The lowest BCUT2D eigenvalue weighted by molar-refractivity contribution is 0.658. The van der Waals surface area contributed by atoms with E-state index in [1.807, 2.05) is 0 Å². The van der Waals surface area contributed by atoms with Crippen LogP contribution in [-0.4, -0.2) is 4.21 Å². The fourth-order valence-corrected chi connectivity index (χ4v) is 20.2. The molecule has 0 aromatic heterocycles. The van der Waals surface area contributed by atoms with E-state index in [1.54, 1.807) is 0 Å². The van der Waals surface area contributed by atoms with E-state index in [0.29, 0.717) is 0 Å². The third-order valence-corrected chi connectivity index (χ3v) is 22.7. The summed E-state index contributed by atoms with van der Waals surface area (Å²) in [5.74, 6) is -0.209. The summed E-state index contributed by atoms with van der Waals surface area (Å²) < 4.78 is 17.8. The minimum Gasteiger partial charge on any atom is -0.264 e. The summed E-state index contributed by atoms with van der Waals surface area (Å²) in [6.45, 7) is 0. The topological polar surface area (TPSA) is 17.1 Å². The molecule has 1 spiro atoms. The van der Waals surface area contributed by atoms with Crippen molar-refractivity contribution in [1.29, 1.82) is 0 Å². The van der Waals surface area contributed by atoms with Crippen LogP contribution < -0.4 is 0 Å². The summed E-state index contributed by atoms with van der Waals surface area (Å²) in [4.78, 5) is 3.57. The standard InChI is InChI=1S/C75H50OS/c76-77(69-42-22-17-35-57(69)58-36-18-23-43-70(58)77)71-44-24-19-37-59(71)60-46-45-50(47-72(60)77)55-33-13-14-38-61(55)73-62-39-16-21-41-66(62)75(53-29-9-3-10-30-53,54-31-11-4-12-32-54)68-48-63-56-34-15-20-40-65(56)74(67(63)49-64(68)73,51-25-5-1-6-26-51)52-27-7-2-8-28-52/h1-49,73H. The van der Waals surface area contributed by atoms with Crippen molar-refractivity contribution < 1.29 is 4.21 Å². The highest BCUT2D eigenvalue weighted by atomic mass is 32.3. The lowest BCUT2D eigenvalue weighted by atomic mass is 9.55. The van der Waals surface area contributed by atoms with Gasteiger partial charge in [-0.15, -0.1) is 0 Å². The van der Waals surface area contributed by atoms with Gasteiger partial charge in [0, 0.05) is 34.6 Å². The van der Waals surface area contributed by atoms with Crippen LogP contribution >= 0.6 is 0 Å². The Morgan fingerprint density at radius 1 is 0.247 bits per heavy atom. The van der Waals surface area contributed by atoms with Gasteiger partial charge in [0.05, 0.1) is 10.8 Å². The van der Waals surface area contributed by atoms with Gasteiger partial charge in [-0.1, -0.05) is 267 Å². The molecule has 4 aliphatic rings. The predicted octanol–water partition coefficient (Wildman–Crippen LogP) is 17.9. The maximum Gasteiger partial charge on any atom is 0.0713 e. The van der Waals surface area contributed by atoms with Gasteiger partial charge in [-0.3, -0.25) is 4.21 Å². The second-order valence-corrected chi connectivity index (χ2v) is 24.9. The second kappa shape index (κ2) is 16.2. The van der Waals surface area contributed by atoms with Crippen LogP contribution in [0.2, 0.25) is 0 Å². The van der Waals surface area contributed by atoms with Crippen LogP contribution in [0.25, 0.3) is 44.5 Å². The molecule has 0 amide bonds. The van der Waals surface area contributed by atoms with Crippen LogP contribution in [0.3, 0.4) is 0 Å². The van der Waals surface area contributed by atoms with Crippen molar-refractivity contribution in [2.45, 2.75) is 36.3 Å². The van der Waals surface area contributed by atoms with Gasteiger partial charge in [0.2, 0.25) is 0 Å². The minimum atomic E-state index is -4.11. The molecular formula is C75H50OS. The van der Waals surface area contributed by atoms with Gasteiger partial charge in [0.15, 0.2) is 0 Å². The van der Waals surface area contributed by atoms with E-state index in [1.165, 1.54) is 72.3 Å². The Labute approximate surface area is 449 Å². The molecule has 0 N–H and O–H groups in total. The van der Waals surface area contributed by atoms with Crippen LogP contribution in [0.15, 0.2) is 317 Å². The minimum absolute atomic E-state index is 0.209. The zero-order chi connectivity index (χ0) is 51.0. The van der Waals surface area contributed by atoms with Gasteiger partial charge in [0.25, 0.3) is 0 Å². The Morgan fingerprint density at radius 3 is 1.16 bits per heavy atom. The van der Waals surface area contributed by atoms with Gasteiger partial charge in [-0.25, -0.2) is 0 Å². The summed E-state index contributed by atoms with van der Waals surface area (Å²) in [6.07, 6.45) is 0. The third-order valence-electron chi connectivity index (χ3n) is 17.9. The van der Waals surface area contributed by atoms with Gasteiger partial charge in [0.1, 0.15) is 0 Å². The highest BCUT2D eigenvalue weighted by Gasteiger charge is 2.58. The van der Waals surface area contributed by atoms with Crippen LogP contribution in [0.5, 0.6) is 0 Å². The fourth-order valence-electron chi connectivity index (χ4n) is 15.0. The van der Waals surface area contributed by atoms with Crippen LogP contribution in [-0.2, 0) is 19.9 Å². The molecule has 12 aromatic carbocycles. The van der Waals surface area contributed by atoms with Crippen molar-refractivity contribution >= 4 is 9.07 Å². The molecule has 0 radical (unpaired) electrons. The molecule has 2 heteroatoms. The van der Waals surface area contributed by atoms with Gasteiger partial charge < -0.3 is 0 Å². The van der Waals surface area contributed by atoms with Gasteiger partial charge >= 0.3 is 0 Å². The van der Waals surface area contributed by atoms with Crippen molar-refractivity contribution in [3.63, 3.8) is 0 Å². The van der Waals surface area contributed by atoms with Crippen LogP contribution in [0.1, 0.15) is 67.1 Å². The van der Waals surface area contributed by atoms with E-state index in [9.17, 15) is 0 Å². The number of hydrogen-bond donors (Lipinski definition) is 0. The Balaban J connectivity index is 1.02. The van der Waals surface area contributed by atoms with Crippen molar-refractivity contribution in [2.24, 2.45) is 0 Å². The molecular weight excluding hydrogens is 949 g/mol. The molecule has 0 saturated carbocycles. The van der Waals surface area contributed by atoms with E-state index >= 15 is 4.21 Å². The maximum absolute atomic E-state index is 17.8. The van der Waals surface area contributed by atoms with Gasteiger partial charge in [-0.2, -0.15) is 0 Å². The SMILES string of the molecule is O=S12(c3ccccc3-c3ccccc31)c1ccccc1-c1ccc(-c3ccccc3C3c4ccccc4C(c4ccccc4)(c4ccccc4)c4cc5c(cc43)C(c3ccccc3)(c3ccccc3)c3ccccc3-5)cc12. The average molecular weight is 999 g/mol. The Kier molecular flexibility index (Phi) is 9.25. The summed E-state index contributed by atoms with van der Waals surface area (Å²) in [7, 11) is -4.11. The molecule has 1 unspecified atom stereocenters. The van der Waals surface area contributed by atoms with Crippen molar-refractivity contribution in [1.82, 2.24) is 0 Å². The number of fused-ring (bicyclic) bond motifs is 15. The Bertz CT molecular complexity index is 4310. The predicted molar refractivity (Wildman–Crippen MR) is 313 cm³/mol. The first kappa shape index (κ1) is 44.1. The number of rotatable bonds is 6. The molecule has 0 fully saturated rings. The Morgan fingerprint density at radius 2 is 0.636 bits per heavy atom. The lowest BCUT2D eigenvalue weighted by Gasteiger charge is -2.46. The first-order chi connectivity index (χ1) is 38.1. The molecule has 16 rings (SSSR count). The fraction of sp³-hybridized carbons (Fsp3) is 0.0400. The van der Waals surface area contributed by atoms with E-state index in [4.69, 9.17) is 0 Å². The summed E-state index contributed by atoms with van der Waals surface area (Å²) in [6, 6.07) is 110. The normalized spacial score (nSPS) is 17.0. The summed E-state index contributed by atoms with van der Waals surface area (Å²) >= 11 is 0. The highest BCUT2D eigenvalue weighted by Crippen LogP contribution is 2.71. The van der Waals surface area contributed by atoms with Crippen LogP contribution in [0.4, 0.5) is 0 Å². The quantitative estimate of drug-likeness (QED) is 0.162. The molecule has 362 valence electrons. The zero-order valence-corrected chi connectivity index (χ0v) is 43.0. The van der Waals surface area contributed by atoms with Gasteiger partial charge in [-0.05, 0) is 136 Å². The molecule has 2 aliphatic carbocycles. The first-order valence-corrected chi connectivity index (χ1v) is 28.8. The summed E-state index contributed by atoms with van der Waals surface area (Å²) in [5, 5.41) is 0. The molecule has 77 heavy (non-hydrogen) atoms. The molecule has 12 aromatic rings. The Hall–Kier alpha value is -9.21. The number of hydrogen-bond acceptors (Lipinski definition) is 1. The molecule has 2 aliphatic heterocycles. The lowest BCUT2D eigenvalue weighted by Crippen LogP contribution is -2.38. The smallest absolute Gasteiger partial charge is 0.0713 e. The van der Waals surface area contributed by atoms with E-state index in [0.717, 1.165) is 53.0 Å². The molecule has 1 atom stereocenters. The molecule has 1 nitrogen and oxygen atoms in total. The molecule has 2 heterocycles. The largest absolute Gasteiger partial charge is 0.264 e. The first-order valence-electron chi connectivity index (χ1n) is 26.8. The van der Waals surface area contributed by atoms with E-state index < -0.39 is 19.9 Å². The van der Waals surface area contributed by atoms with Crippen LogP contribution in [0, 0.1) is 0 Å². The van der Waals surface area contributed by atoms with Crippen molar-refractivity contribution in [3.8, 4) is 44.5 Å². The molecule has 0 saturated heterocycles. The van der Waals surface area contributed by atoms with Crippen molar-refractivity contribution in [3.05, 3.63) is 358 Å². The zero-order valence-electron chi connectivity index (χ0n) is 42.2. The van der Waals surface area contributed by atoms with E-state index in [-0.39, 0.29) is 5.92 Å². The maximum atomic E-state index is 17.8. The highest BCUT2D eigenvalue weighted by molar-refractivity contribution is 8.21. The monoisotopic (exact) mass is 998 g/mol. The van der Waals surface area contributed by atoms with E-state index in [2.05, 4.69) is 297 Å². The third kappa shape index (κ3) is 5.50. The summed E-state index contributed by atoms with van der Waals surface area (Å²) in [5.41, 5.74) is 21.2.